The molecule has 38 valence electrons. The van der Waals surface area contributed by atoms with Gasteiger partial charge >= 0.3 is 0 Å². The molecule has 0 radical (unpaired) electrons. The summed E-state index contributed by atoms with van der Waals surface area (Å²) in [5, 5.41) is 3.08. The van der Waals surface area contributed by atoms with Crippen LogP contribution in [-0.4, -0.2) is 6.54 Å². The van der Waals surface area contributed by atoms with Gasteiger partial charge in [-0.15, -0.1) is 0 Å². The minimum atomic E-state index is 0.983. The molecule has 0 bridgehead atoms. The summed E-state index contributed by atoms with van der Waals surface area (Å²) in [6.07, 6.45) is 9.44. The summed E-state index contributed by atoms with van der Waals surface area (Å²) in [5.41, 5.74) is 0. The molecule has 1 aliphatic heterocycles. The molecule has 1 N–H and O–H groups in total. The zero-order valence-corrected chi connectivity index (χ0v) is 4.22. The van der Waals surface area contributed by atoms with Gasteiger partial charge in [0.15, 0.2) is 0 Å². The average molecular weight is 95.1 g/mol. The van der Waals surface area contributed by atoms with E-state index < -0.39 is 0 Å². The van der Waals surface area contributed by atoms with Gasteiger partial charge in [0.05, 0.1) is 0 Å². The Bertz CT molecular complexity index is 80.4. The summed E-state index contributed by atoms with van der Waals surface area (Å²) in [6.45, 7) is 0.983. The Balaban J connectivity index is 2.38. The molecule has 1 nitrogen and oxygen atoms in total. The van der Waals surface area contributed by atoms with Crippen molar-refractivity contribution in [3.63, 3.8) is 0 Å². The SMILES string of the molecule is C1=CCNC=CC1. The molecule has 0 spiro atoms. The Morgan fingerprint density at radius 1 is 1.14 bits per heavy atom. The van der Waals surface area contributed by atoms with Gasteiger partial charge in [-0.2, -0.15) is 0 Å². The zero-order valence-electron chi connectivity index (χ0n) is 4.22. The average Bonchev–Trinajstić information content (AvgIpc) is 1.90. The predicted octanol–water partition coefficient (Wildman–Crippen LogP) is 1.05. The Morgan fingerprint density at radius 2 is 2.14 bits per heavy atom. The number of rotatable bonds is 0. The normalized spacial score (nSPS) is 18.3. The smallest absolute Gasteiger partial charge is 0.0325 e. The molecule has 1 rings (SSSR count). The largest absolute Gasteiger partial charge is 0.388 e. The third-order valence-corrected chi connectivity index (χ3v) is 0.910. The second-order valence-electron chi connectivity index (χ2n) is 1.52. The van der Waals surface area contributed by atoms with Gasteiger partial charge in [0, 0.05) is 6.54 Å². The Labute approximate surface area is 43.7 Å². The van der Waals surface area contributed by atoms with Crippen LogP contribution in [0.5, 0.6) is 0 Å². The van der Waals surface area contributed by atoms with Gasteiger partial charge in [0.2, 0.25) is 0 Å². The van der Waals surface area contributed by atoms with Crippen molar-refractivity contribution in [2.24, 2.45) is 0 Å². The minimum absolute atomic E-state index is 0.983. The van der Waals surface area contributed by atoms with Crippen LogP contribution in [0, 0.1) is 0 Å². The number of allylic oxidation sites excluding steroid dienone is 2. The van der Waals surface area contributed by atoms with Crippen molar-refractivity contribution in [2.45, 2.75) is 6.42 Å². The molecule has 0 fully saturated rings. The minimum Gasteiger partial charge on any atom is -0.388 e. The molecular formula is C6H9N. The first kappa shape index (κ1) is 4.44. The van der Waals surface area contributed by atoms with Gasteiger partial charge in [-0.1, -0.05) is 18.2 Å². The van der Waals surface area contributed by atoms with Crippen molar-refractivity contribution in [2.75, 3.05) is 6.54 Å². The Hall–Kier alpha value is -0.720. The van der Waals surface area contributed by atoms with Crippen LogP contribution in [-0.2, 0) is 0 Å². The molecule has 7 heavy (non-hydrogen) atoms. The molecule has 0 aromatic carbocycles. The van der Waals surface area contributed by atoms with Crippen LogP contribution in [0.25, 0.3) is 0 Å². The molecule has 0 aromatic heterocycles. The molecule has 0 aromatic rings. The van der Waals surface area contributed by atoms with Gasteiger partial charge in [-0.05, 0) is 12.6 Å². The lowest BCUT2D eigenvalue weighted by Crippen LogP contribution is -2.01. The van der Waals surface area contributed by atoms with E-state index in [-0.39, 0.29) is 0 Å². The van der Waals surface area contributed by atoms with E-state index in [0.29, 0.717) is 0 Å². The van der Waals surface area contributed by atoms with Crippen molar-refractivity contribution in [1.82, 2.24) is 5.32 Å². The molecule has 0 amide bonds. The number of hydrogen-bond donors (Lipinski definition) is 1. The topological polar surface area (TPSA) is 12.0 Å². The van der Waals surface area contributed by atoms with Gasteiger partial charge in [0.25, 0.3) is 0 Å². The molecule has 0 atom stereocenters. The summed E-state index contributed by atoms with van der Waals surface area (Å²) >= 11 is 0. The first-order valence-corrected chi connectivity index (χ1v) is 2.53. The second kappa shape index (κ2) is 2.45. The van der Waals surface area contributed by atoms with Crippen LogP contribution < -0.4 is 5.32 Å². The number of hydrogen-bond acceptors (Lipinski definition) is 1. The van der Waals surface area contributed by atoms with Crippen LogP contribution in [0.4, 0.5) is 0 Å². The zero-order chi connectivity index (χ0) is 4.95. The fourth-order valence-electron chi connectivity index (χ4n) is 0.546. The highest BCUT2D eigenvalue weighted by molar-refractivity contribution is 4.97. The highest BCUT2D eigenvalue weighted by Gasteiger charge is 1.76. The maximum Gasteiger partial charge on any atom is 0.0325 e. The van der Waals surface area contributed by atoms with Gasteiger partial charge in [-0.3, -0.25) is 0 Å². The van der Waals surface area contributed by atoms with Crippen molar-refractivity contribution < 1.29 is 0 Å². The molecule has 1 heteroatoms. The van der Waals surface area contributed by atoms with Gasteiger partial charge in [-0.25, -0.2) is 0 Å². The molecule has 0 saturated heterocycles. The van der Waals surface area contributed by atoms with Crippen LogP contribution in [0.3, 0.4) is 0 Å². The van der Waals surface area contributed by atoms with Crippen molar-refractivity contribution in [1.29, 1.82) is 0 Å². The van der Waals surface area contributed by atoms with Crippen LogP contribution in [0.15, 0.2) is 24.4 Å². The Kier molecular flexibility index (Phi) is 1.56. The summed E-state index contributed by atoms with van der Waals surface area (Å²) < 4.78 is 0. The molecule has 0 saturated carbocycles. The van der Waals surface area contributed by atoms with Crippen LogP contribution in [0.2, 0.25) is 0 Å². The fraction of sp³-hybridized carbons (Fsp3) is 0.333. The molecule has 1 aliphatic rings. The monoisotopic (exact) mass is 95.1 g/mol. The van der Waals surface area contributed by atoms with E-state index in [1.807, 2.05) is 6.20 Å². The maximum atomic E-state index is 3.08. The molecule has 0 aliphatic carbocycles. The van der Waals surface area contributed by atoms with E-state index in [4.69, 9.17) is 0 Å². The first-order chi connectivity index (χ1) is 3.50. The van der Waals surface area contributed by atoms with E-state index in [1.165, 1.54) is 0 Å². The standard InChI is InChI=1S/C6H9N/c1-2-4-6-7-5-3-1/h1,3-4,6-7H,2,5H2. The third kappa shape index (κ3) is 1.44. The molecule has 0 unspecified atom stereocenters. The van der Waals surface area contributed by atoms with Gasteiger partial charge < -0.3 is 5.32 Å². The van der Waals surface area contributed by atoms with Crippen LogP contribution >= 0.6 is 0 Å². The summed E-state index contributed by atoms with van der Waals surface area (Å²) in [5.74, 6) is 0. The van der Waals surface area contributed by atoms with E-state index in [0.717, 1.165) is 13.0 Å². The van der Waals surface area contributed by atoms with Crippen molar-refractivity contribution in [3.8, 4) is 0 Å². The highest BCUT2D eigenvalue weighted by atomic mass is 14.8. The fourth-order valence-corrected chi connectivity index (χ4v) is 0.546. The Morgan fingerprint density at radius 3 is 3.14 bits per heavy atom. The van der Waals surface area contributed by atoms with Crippen molar-refractivity contribution >= 4 is 0 Å². The number of nitrogens with one attached hydrogen (secondary N) is 1. The lowest BCUT2D eigenvalue weighted by molar-refractivity contribution is 0.991. The van der Waals surface area contributed by atoms with Crippen LogP contribution in [0.1, 0.15) is 6.42 Å². The summed E-state index contributed by atoms with van der Waals surface area (Å²) in [7, 11) is 0. The van der Waals surface area contributed by atoms with Crippen molar-refractivity contribution in [3.05, 3.63) is 24.4 Å². The summed E-state index contributed by atoms with van der Waals surface area (Å²) in [4.78, 5) is 0. The molecular weight excluding hydrogens is 86.1 g/mol. The maximum absolute atomic E-state index is 3.08. The first-order valence-electron chi connectivity index (χ1n) is 2.53. The summed E-state index contributed by atoms with van der Waals surface area (Å²) in [6, 6.07) is 0. The third-order valence-electron chi connectivity index (χ3n) is 0.910. The predicted molar refractivity (Wildman–Crippen MR) is 30.9 cm³/mol. The van der Waals surface area contributed by atoms with E-state index >= 15 is 0 Å². The highest BCUT2D eigenvalue weighted by Crippen LogP contribution is 1.86. The second-order valence-corrected chi connectivity index (χ2v) is 1.52. The quantitative estimate of drug-likeness (QED) is 0.443. The lowest BCUT2D eigenvalue weighted by atomic mass is 10.4. The van der Waals surface area contributed by atoms with E-state index in [1.54, 1.807) is 0 Å². The van der Waals surface area contributed by atoms with Gasteiger partial charge in [0.1, 0.15) is 0 Å². The van der Waals surface area contributed by atoms with E-state index in [2.05, 4.69) is 23.5 Å². The lowest BCUT2D eigenvalue weighted by Gasteiger charge is -1.85. The van der Waals surface area contributed by atoms with E-state index in [9.17, 15) is 0 Å². The molecule has 1 heterocycles.